The molecule has 0 bridgehead atoms. The summed E-state index contributed by atoms with van der Waals surface area (Å²) in [6.45, 7) is 2.02. The molecule has 0 saturated heterocycles. The number of rotatable bonds is 3. The maximum Gasteiger partial charge on any atom is 0.134 e. The summed E-state index contributed by atoms with van der Waals surface area (Å²) in [5, 5.41) is 10.7. The van der Waals surface area contributed by atoms with Crippen LogP contribution < -0.4 is 0 Å². The first kappa shape index (κ1) is 12.7. The fourth-order valence-electron chi connectivity index (χ4n) is 2.38. The van der Waals surface area contributed by atoms with Gasteiger partial charge in [-0.05, 0) is 30.2 Å². The fraction of sp³-hybridized carbons (Fsp3) is 0.111. The number of aliphatic hydroxyl groups excluding tert-OH is 1. The van der Waals surface area contributed by atoms with Crippen LogP contribution in [0.15, 0.2) is 71.3 Å². The number of aliphatic hydroxyl groups is 1. The van der Waals surface area contributed by atoms with Gasteiger partial charge in [-0.3, -0.25) is 0 Å². The third-order valence-electron chi connectivity index (χ3n) is 3.40. The largest absolute Gasteiger partial charge is 0.464 e. The zero-order valence-electron chi connectivity index (χ0n) is 11.3. The first-order valence-corrected chi connectivity index (χ1v) is 6.63. The van der Waals surface area contributed by atoms with Crippen LogP contribution in [0.25, 0.3) is 11.3 Å². The van der Waals surface area contributed by atoms with Crippen LogP contribution in [0.2, 0.25) is 0 Å². The number of aryl methyl sites for hydroxylation is 1. The number of hydrogen-bond acceptors (Lipinski definition) is 2. The summed E-state index contributed by atoms with van der Waals surface area (Å²) in [4.78, 5) is 0. The Kier molecular flexibility index (Phi) is 3.40. The molecule has 2 heteroatoms. The molecule has 0 saturated carbocycles. The SMILES string of the molecule is Cc1ccc(-c2ccco2)c(C(O)c2ccccc2)c1. The standard InChI is InChI=1S/C18H16O2/c1-13-9-10-15(17-8-5-11-20-17)16(12-13)18(19)14-6-3-2-4-7-14/h2-12,18-19H,1H3. The second-order valence-corrected chi connectivity index (χ2v) is 4.88. The molecule has 0 radical (unpaired) electrons. The van der Waals surface area contributed by atoms with Crippen molar-refractivity contribution in [2.45, 2.75) is 13.0 Å². The summed E-state index contributed by atoms with van der Waals surface area (Å²) >= 11 is 0. The smallest absolute Gasteiger partial charge is 0.134 e. The number of furan rings is 1. The third kappa shape index (κ3) is 2.38. The summed E-state index contributed by atoms with van der Waals surface area (Å²) in [5.41, 5.74) is 3.79. The van der Waals surface area contributed by atoms with Gasteiger partial charge in [0.25, 0.3) is 0 Å². The van der Waals surface area contributed by atoms with E-state index in [1.165, 1.54) is 0 Å². The molecule has 0 amide bonds. The van der Waals surface area contributed by atoms with E-state index < -0.39 is 6.10 Å². The topological polar surface area (TPSA) is 33.4 Å². The highest BCUT2D eigenvalue weighted by molar-refractivity contribution is 5.64. The Morgan fingerprint density at radius 1 is 0.950 bits per heavy atom. The average Bonchev–Trinajstić information content (AvgIpc) is 3.01. The molecule has 100 valence electrons. The molecule has 0 fully saturated rings. The van der Waals surface area contributed by atoms with E-state index in [-0.39, 0.29) is 0 Å². The maximum atomic E-state index is 10.7. The van der Waals surface area contributed by atoms with Gasteiger partial charge in [-0.1, -0.05) is 54.1 Å². The molecule has 2 nitrogen and oxygen atoms in total. The zero-order chi connectivity index (χ0) is 13.9. The molecule has 1 unspecified atom stereocenters. The molecule has 1 N–H and O–H groups in total. The van der Waals surface area contributed by atoms with Crippen LogP contribution in [-0.4, -0.2) is 5.11 Å². The minimum absolute atomic E-state index is 0.656. The molecule has 0 aliphatic carbocycles. The highest BCUT2D eigenvalue weighted by Gasteiger charge is 2.17. The summed E-state index contributed by atoms with van der Waals surface area (Å²) < 4.78 is 5.48. The van der Waals surface area contributed by atoms with Gasteiger partial charge >= 0.3 is 0 Å². The summed E-state index contributed by atoms with van der Waals surface area (Å²) in [6, 6.07) is 19.5. The lowest BCUT2D eigenvalue weighted by atomic mass is 9.94. The quantitative estimate of drug-likeness (QED) is 0.763. The van der Waals surface area contributed by atoms with Crippen LogP contribution in [0.4, 0.5) is 0 Å². The van der Waals surface area contributed by atoms with E-state index in [0.29, 0.717) is 0 Å². The zero-order valence-corrected chi connectivity index (χ0v) is 11.3. The molecule has 3 aromatic rings. The molecular formula is C18H16O2. The average molecular weight is 264 g/mol. The molecule has 1 aromatic heterocycles. The first-order chi connectivity index (χ1) is 9.75. The Bertz CT molecular complexity index is 685. The molecule has 0 aliphatic rings. The van der Waals surface area contributed by atoms with Crippen LogP contribution in [0.5, 0.6) is 0 Å². The van der Waals surface area contributed by atoms with Crippen molar-refractivity contribution in [2.75, 3.05) is 0 Å². The van der Waals surface area contributed by atoms with Crippen molar-refractivity contribution < 1.29 is 9.52 Å². The Hall–Kier alpha value is -2.32. The summed E-state index contributed by atoms with van der Waals surface area (Å²) in [6.07, 6.45) is 0.990. The predicted octanol–water partition coefficient (Wildman–Crippen LogP) is 4.34. The Morgan fingerprint density at radius 3 is 2.45 bits per heavy atom. The molecule has 0 aliphatic heterocycles. The molecule has 1 heterocycles. The van der Waals surface area contributed by atoms with Crippen LogP contribution in [0.1, 0.15) is 22.8 Å². The molecule has 0 spiro atoms. The molecular weight excluding hydrogens is 248 g/mol. The second-order valence-electron chi connectivity index (χ2n) is 4.88. The van der Waals surface area contributed by atoms with Crippen LogP contribution in [-0.2, 0) is 0 Å². The second kappa shape index (κ2) is 5.35. The normalized spacial score (nSPS) is 12.3. The lowest BCUT2D eigenvalue weighted by molar-refractivity contribution is 0.220. The maximum absolute atomic E-state index is 10.7. The van der Waals surface area contributed by atoms with Gasteiger partial charge in [-0.15, -0.1) is 0 Å². The van der Waals surface area contributed by atoms with E-state index in [4.69, 9.17) is 4.42 Å². The minimum atomic E-state index is -0.656. The van der Waals surface area contributed by atoms with Crippen LogP contribution >= 0.6 is 0 Å². The first-order valence-electron chi connectivity index (χ1n) is 6.63. The number of hydrogen-bond donors (Lipinski definition) is 1. The van der Waals surface area contributed by atoms with E-state index in [9.17, 15) is 5.11 Å². The minimum Gasteiger partial charge on any atom is -0.464 e. The van der Waals surface area contributed by atoms with E-state index in [1.807, 2.05) is 67.6 Å². The van der Waals surface area contributed by atoms with Gasteiger partial charge < -0.3 is 9.52 Å². The monoisotopic (exact) mass is 264 g/mol. The highest BCUT2D eigenvalue weighted by Crippen LogP contribution is 2.32. The van der Waals surface area contributed by atoms with Crippen molar-refractivity contribution in [2.24, 2.45) is 0 Å². The van der Waals surface area contributed by atoms with Crippen LogP contribution in [0, 0.1) is 6.92 Å². The van der Waals surface area contributed by atoms with Gasteiger partial charge in [-0.25, -0.2) is 0 Å². The lowest BCUT2D eigenvalue weighted by Gasteiger charge is -2.16. The Balaban J connectivity index is 2.11. The van der Waals surface area contributed by atoms with Gasteiger partial charge in [0, 0.05) is 5.56 Å². The van der Waals surface area contributed by atoms with Crippen molar-refractivity contribution in [3.05, 3.63) is 83.6 Å². The van der Waals surface area contributed by atoms with Crippen molar-refractivity contribution in [3.63, 3.8) is 0 Å². The molecule has 2 aromatic carbocycles. The predicted molar refractivity (Wildman–Crippen MR) is 79.4 cm³/mol. The van der Waals surface area contributed by atoms with Crippen molar-refractivity contribution in [3.8, 4) is 11.3 Å². The summed E-state index contributed by atoms with van der Waals surface area (Å²) in [7, 11) is 0. The Morgan fingerprint density at radius 2 is 1.75 bits per heavy atom. The van der Waals surface area contributed by atoms with Crippen LogP contribution in [0.3, 0.4) is 0 Å². The highest BCUT2D eigenvalue weighted by atomic mass is 16.3. The molecule has 1 atom stereocenters. The fourth-order valence-corrected chi connectivity index (χ4v) is 2.38. The lowest BCUT2D eigenvalue weighted by Crippen LogP contribution is -2.02. The molecule has 20 heavy (non-hydrogen) atoms. The number of benzene rings is 2. The van der Waals surface area contributed by atoms with Gasteiger partial charge in [-0.2, -0.15) is 0 Å². The van der Waals surface area contributed by atoms with Crippen molar-refractivity contribution >= 4 is 0 Å². The van der Waals surface area contributed by atoms with Crippen molar-refractivity contribution in [1.29, 1.82) is 0 Å². The van der Waals surface area contributed by atoms with E-state index in [2.05, 4.69) is 0 Å². The van der Waals surface area contributed by atoms with Crippen molar-refractivity contribution in [1.82, 2.24) is 0 Å². The van der Waals surface area contributed by atoms with Gasteiger partial charge in [0.05, 0.1) is 6.26 Å². The van der Waals surface area contributed by atoms with E-state index >= 15 is 0 Å². The van der Waals surface area contributed by atoms with Gasteiger partial charge in [0.15, 0.2) is 0 Å². The Labute approximate surface area is 118 Å². The third-order valence-corrected chi connectivity index (χ3v) is 3.40. The summed E-state index contributed by atoms with van der Waals surface area (Å²) in [5.74, 6) is 0.773. The molecule has 3 rings (SSSR count). The van der Waals surface area contributed by atoms with Gasteiger partial charge in [0.1, 0.15) is 11.9 Å². The van der Waals surface area contributed by atoms with E-state index in [1.54, 1.807) is 6.26 Å². The van der Waals surface area contributed by atoms with Gasteiger partial charge in [0.2, 0.25) is 0 Å². The van der Waals surface area contributed by atoms with E-state index in [0.717, 1.165) is 28.0 Å².